The minimum Gasteiger partial charge on any atom is -0.441 e. The molecule has 3 aromatic rings. The predicted octanol–water partition coefficient (Wildman–Crippen LogP) is 7.91. The van der Waals surface area contributed by atoms with E-state index in [2.05, 4.69) is 40.6 Å². The summed E-state index contributed by atoms with van der Waals surface area (Å²) in [7, 11) is 0. The van der Waals surface area contributed by atoms with Crippen LogP contribution in [0, 0.1) is 11.3 Å². The molecule has 2 aromatic heterocycles. The van der Waals surface area contributed by atoms with Gasteiger partial charge >= 0.3 is 0 Å². The van der Waals surface area contributed by atoms with Crippen molar-refractivity contribution in [2.75, 3.05) is 5.32 Å². The molecule has 0 unspecified atom stereocenters. The van der Waals surface area contributed by atoms with E-state index in [1.807, 2.05) is 6.20 Å². The Balaban J connectivity index is 1.16. The Bertz CT molecular complexity index is 1340. The van der Waals surface area contributed by atoms with Crippen LogP contribution in [0.2, 0.25) is 0 Å². The average Bonchev–Trinajstić information content (AvgIpc) is 3.52. The van der Waals surface area contributed by atoms with Gasteiger partial charge in [0.2, 0.25) is 11.8 Å². The number of anilines is 1. The molecule has 5 aliphatic carbocycles. The Morgan fingerprint density at radius 2 is 1.80 bits per heavy atom. The lowest BCUT2D eigenvalue weighted by Crippen LogP contribution is -2.45. The van der Waals surface area contributed by atoms with Gasteiger partial charge < -0.3 is 14.3 Å². The molecule has 1 aromatic carbocycles. The highest BCUT2D eigenvalue weighted by Gasteiger charge is 2.52. The van der Waals surface area contributed by atoms with Crippen molar-refractivity contribution in [3.8, 4) is 11.3 Å². The third-order valence-corrected chi connectivity index (χ3v) is 10.5. The molecule has 0 radical (unpaired) electrons. The van der Waals surface area contributed by atoms with E-state index in [-0.39, 0.29) is 22.7 Å². The van der Waals surface area contributed by atoms with Crippen molar-refractivity contribution in [1.82, 2.24) is 15.1 Å². The molecule has 7 heteroatoms. The van der Waals surface area contributed by atoms with Gasteiger partial charge in [-0.25, -0.2) is 4.98 Å². The van der Waals surface area contributed by atoms with Crippen LogP contribution in [0.15, 0.2) is 33.3 Å². The van der Waals surface area contributed by atoms with Crippen LogP contribution < -0.4 is 5.32 Å². The fraction of sp³-hybridized carbons (Fsp3) is 0.636. The molecule has 1 amide bonds. The lowest BCUT2D eigenvalue weighted by atomic mass is 9.52. The number of amides is 1. The molecule has 7 nitrogen and oxygen atoms in total. The van der Waals surface area contributed by atoms with E-state index >= 15 is 0 Å². The minimum atomic E-state index is 0.0411. The van der Waals surface area contributed by atoms with E-state index in [9.17, 15) is 4.79 Å². The average molecular weight is 543 g/mol. The molecular weight excluding hydrogens is 500 g/mol. The first kappa shape index (κ1) is 26.0. The Hall–Kier alpha value is -2.96. The number of rotatable bonds is 9. The van der Waals surface area contributed by atoms with Gasteiger partial charge in [0.1, 0.15) is 0 Å². The normalized spacial score (nSPS) is 26.7. The van der Waals surface area contributed by atoms with Gasteiger partial charge in [0.25, 0.3) is 0 Å². The number of nitrogens with zero attached hydrogens (tertiary/aromatic N) is 3. The van der Waals surface area contributed by atoms with Gasteiger partial charge in [-0.1, -0.05) is 43.5 Å². The maximum atomic E-state index is 13.4. The second-order valence-electron chi connectivity index (χ2n) is 13.2. The van der Waals surface area contributed by atoms with Gasteiger partial charge in [0, 0.05) is 34.9 Å². The van der Waals surface area contributed by atoms with Gasteiger partial charge in [-0.2, -0.15) is 4.98 Å². The number of oxazole rings is 1. The third kappa shape index (κ3) is 4.90. The summed E-state index contributed by atoms with van der Waals surface area (Å²) in [6.45, 7) is 2.14. The van der Waals surface area contributed by atoms with E-state index in [0.717, 1.165) is 118 Å². The van der Waals surface area contributed by atoms with Crippen LogP contribution in [0.1, 0.15) is 126 Å². The lowest BCUT2D eigenvalue weighted by molar-refractivity contribution is -0.120. The molecule has 40 heavy (non-hydrogen) atoms. The van der Waals surface area contributed by atoms with Gasteiger partial charge in [-0.15, -0.1) is 0 Å². The lowest BCUT2D eigenvalue weighted by Gasteiger charge is -2.52. The predicted molar refractivity (Wildman–Crippen MR) is 153 cm³/mol. The summed E-state index contributed by atoms with van der Waals surface area (Å²) in [6, 6.07) is 6.29. The molecule has 0 saturated heterocycles. The van der Waals surface area contributed by atoms with Crippen molar-refractivity contribution >= 4 is 11.6 Å². The zero-order chi connectivity index (χ0) is 27.2. The second-order valence-corrected chi connectivity index (χ2v) is 13.2. The van der Waals surface area contributed by atoms with Crippen molar-refractivity contribution in [1.29, 1.82) is 0 Å². The van der Waals surface area contributed by atoms with Crippen LogP contribution in [-0.2, 0) is 23.1 Å². The fourth-order valence-electron chi connectivity index (χ4n) is 7.67. The highest BCUT2D eigenvalue weighted by molar-refractivity contribution is 5.94. The number of benzene rings is 1. The fourth-order valence-corrected chi connectivity index (χ4v) is 7.67. The van der Waals surface area contributed by atoms with E-state index < -0.39 is 0 Å². The molecule has 5 aliphatic rings. The van der Waals surface area contributed by atoms with Crippen molar-refractivity contribution in [2.24, 2.45) is 11.3 Å². The molecule has 0 atom stereocenters. The highest BCUT2D eigenvalue weighted by Crippen LogP contribution is 2.59. The zero-order valence-corrected chi connectivity index (χ0v) is 23.8. The number of fused-ring (bicyclic) bond motifs is 3. The Morgan fingerprint density at radius 3 is 2.52 bits per heavy atom. The Morgan fingerprint density at radius 1 is 1.02 bits per heavy atom. The first-order valence-electron chi connectivity index (χ1n) is 15.8. The summed E-state index contributed by atoms with van der Waals surface area (Å²) < 4.78 is 12.1. The number of hydrogen-bond donors (Lipinski definition) is 1. The summed E-state index contributed by atoms with van der Waals surface area (Å²) in [4.78, 5) is 22.8. The second kappa shape index (κ2) is 10.5. The number of nitrogens with one attached hydrogen (secondary N) is 1. The van der Waals surface area contributed by atoms with Crippen LogP contribution in [-0.4, -0.2) is 21.0 Å². The SMILES string of the molecule is CCCc1ncc(-c2cccc(NC(=O)C3CCCCC3)c2CC23CCC(c4nc(C5CC5)no4)(CC2)CC3)o1. The van der Waals surface area contributed by atoms with Gasteiger partial charge in [-0.05, 0) is 94.1 Å². The highest BCUT2D eigenvalue weighted by atomic mass is 16.5. The van der Waals surface area contributed by atoms with Crippen molar-refractivity contribution in [3.63, 3.8) is 0 Å². The van der Waals surface area contributed by atoms with E-state index in [1.165, 1.54) is 24.8 Å². The summed E-state index contributed by atoms with van der Waals surface area (Å²) in [5.74, 6) is 4.21. The topological polar surface area (TPSA) is 94.1 Å². The standard InChI is InChI=1S/C33H42N4O3/c1-2-7-28-34-21-27(39-28)24-10-6-11-26(35-30(38)23-8-4-3-5-9-23)25(24)20-32-14-17-33(18-15-32,19-16-32)31-36-29(37-40-31)22-12-13-22/h6,10-11,21-23H,2-5,7-9,12-20H2,1H3,(H,35,38). The largest absolute Gasteiger partial charge is 0.441 e. The van der Waals surface area contributed by atoms with Crippen LogP contribution >= 0.6 is 0 Å². The molecule has 1 N–H and O–H groups in total. The molecular formula is C33H42N4O3. The Labute approximate surface area is 236 Å². The number of carbonyl (C=O) groups excluding carboxylic acids is 1. The van der Waals surface area contributed by atoms with Crippen molar-refractivity contribution in [3.05, 3.63) is 47.6 Å². The zero-order valence-electron chi connectivity index (χ0n) is 23.8. The van der Waals surface area contributed by atoms with Crippen LogP contribution in [0.3, 0.4) is 0 Å². The van der Waals surface area contributed by atoms with Gasteiger partial charge in [0.05, 0.1) is 6.20 Å². The van der Waals surface area contributed by atoms with Crippen LogP contribution in [0.25, 0.3) is 11.3 Å². The Kier molecular flexibility index (Phi) is 6.79. The van der Waals surface area contributed by atoms with E-state index in [0.29, 0.717) is 5.92 Å². The quantitative estimate of drug-likeness (QED) is 0.295. The molecule has 2 bridgehead atoms. The minimum absolute atomic E-state index is 0.0411. The maximum Gasteiger partial charge on any atom is 0.232 e. The monoisotopic (exact) mass is 542 g/mol. The summed E-state index contributed by atoms with van der Waals surface area (Å²) in [6.07, 6.45) is 19.2. The van der Waals surface area contributed by atoms with E-state index in [1.54, 1.807) is 0 Å². The first-order valence-corrected chi connectivity index (χ1v) is 15.8. The maximum absolute atomic E-state index is 13.4. The summed E-state index contributed by atoms with van der Waals surface area (Å²) in [5.41, 5.74) is 3.46. The van der Waals surface area contributed by atoms with Gasteiger partial charge in [0.15, 0.2) is 17.5 Å². The summed E-state index contributed by atoms with van der Waals surface area (Å²) >= 11 is 0. The number of aryl methyl sites for hydroxylation is 1. The van der Waals surface area contributed by atoms with Gasteiger partial charge in [-0.3, -0.25) is 4.79 Å². The third-order valence-electron chi connectivity index (χ3n) is 10.5. The van der Waals surface area contributed by atoms with Crippen LogP contribution in [0.4, 0.5) is 5.69 Å². The molecule has 0 aliphatic heterocycles. The number of hydrogen-bond acceptors (Lipinski definition) is 6. The van der Waals surface area contributed by atoms with Crippen LogP contribution in [0.5, 0.6) is 0 Å². The molecule has 212 valence electrons. The van der Waals surface area contributed by atoms with Crippen molar-refractivity contribution in [2.45, 2.75) is 121 Å². The first-order chi connectivity index (χ1) is 19.6. The molecule has 2 heterocycles. The molecule has 5 saturated carbocycles. The smallest absolute Gasteiger partial charge is 0.232 e. The van der Waals surface area contributed by atoms with Crippen molar-refractivity contribution < 1.29 is 13.7 Å². The van der Waals surface area contributed by atoms with E-state index in [4.69, 9.17) is 13.9 Å². The number of carbonyl (C=O) groups is 1. The molecule has 5 fully saturated rings. The number of aromatic nitrogens is 3. The summed E-state index contributed by atoms with van der Waals surface area (Å²) in [5, 5.41) is 7.73. The molecule has 0 spiro atoms. The molecule has 8 rings (SSSR count).